The van der Waals surface area contributed by atoms with Gasteiger partial charge in [-0.25, -0.2) is 0 Å². The van der Waals surface area contributed by atoms with Gasteiger partial charge in [0.1, 0.15) is 0 Å². The summed E-state index contributed by atoms with van der Waals surface area (Å²) in [5.41, 5.74) is 15.6. The average molecular weight is 707 g/mol. The molecule has 1 spiro atoms. The van der Waals surface area contributed by atoms with Crippen LogP contribution < -0.4 is 4.90 Å². The highest BCUT2D eigenvalue weighted by atomic mass is 32.1. The molecule has 254 valence electrons. The maximum Gasteiger partial charge on any atom is 0.0561 e. The Labute approximate surface area is 317 Å². The van der Waals surface area contributed by atoms with Crippen molar-refractivity contribution in [3.05, 3.63) is 204 Å². The molecule has 0 bridgehead atoms. The minimum Gasteiger partial charge on any atom is -0.310 e. The number of anilines is 3. The second-order valence-corrected chi connectivity index (χ2v) is 16.0. The molecular formula is C51H34N2S. The molecule has 0 atom stereocenters. The maximum absolute atomic E-state index is 2.53. The molecule has 2 aromatic heterocycles. The summed E-state index contributed by atoms with van der Waals surface area (Å²) in [6, 6.07) is 67.9. The number of rotatable bonds is 4. The topological polar surface area (TPSA) is 8.17 Å². The van der Waals surface area contributed by atoms with Crippen LogP contribution in [-0.4, -0.2) is 4.57 Å². The number of hydrogen-bond acceptors (Lipinski definition) is 2. The largest absolute Gasteiger partial charge is 0.310 e. The van der Waals surface area contributed by atoms with Crippen molar-refractivity contribution in [3.63, 3.8) is 0 Å². The molecule has 2 aliphatic carbocycles. The summed E-state index contributed by atoms with van der Waals surface area (Å²) >= 11 is 1.88. The standard InChI is InChI=1S/C51H34N2S/c1-2-15-35(16-3-1)53-45-21-10-7-18-40(45)41-28-26-37(30-47(41)53)52(46-22-12-24-49-50(46)42-19-8-11-23-48(42)54-49)36-25-27-39-38-17-6-9-20-43(38)51(44(39)29-36)31-33-13-4-5-14-34(33)32-51/h1-30H,31-32H2. The van der Waals surface area contributed by atoms with Gasteiger partial charge in [-0.15, -0.1) is 11.3 Å². The lowest BCUT2D eigenvalue weighted by Gasteiger charge is -2.30. The van der Waals surface area contributed by atoms with Crippen molar-refractivity contribution in [2.24, 2.45) is 0 Å². The number of aromatic nitrogens is 1. The fourth-order valence-electron chi connectivity index (χ4n) is 9.90. The molecular weight excluding hydrogens is 673 g/mol. The molecule has 0 unspecified atom stereocenters. The van der Waals surface area contributed by atoms with Crippen molar-refractivity contribution in [2.45, 2.75) is 18.3 Å². The monoisotopic (exact) mass is 706 g/mol. The van der Waals surface area contributed by atoms with Gasteiger partial charge >= 0.3 is 0 Å². The van der Waals surface area contributed by atoms with Gasteiger partial charge in [0.2, 0.25) is 0 Å². The van der Waals surface area contributed by atoms with Crippen molar-refractivity contribution in [1.29, 1.82) is 0 Å². The predicted octanol–water partition coefficient (Wildman–Crippen LogP) is 13.7. The fraction of sp³-hybridized carbons (Fsp3) is 0.0588. The SMILES string of the molecule is c1ccc(-n2c3ccccc3c3ccc(N(c4ccc5c(c4)C4(Cc6ccccc6C4)c4ccccc4-5)c4cccc5sc6ccccc6c45)cc32)cc1. The zero-order chi connectivity index (χ0) is 35.4. The molecule has 3 heteroatoms. The van der Waals surface area contributed by atoms with Crippen molar-refractivity contribution in [2.75, 3.05) is 4.90 Å². The summed E-state index contributed by atoms with van der Waals surface area (Å²) in [6.45, 7) is 0. The number of hydrogen-bond donors (Lipinski definition) is 0. The molecule has 0 saturated heterocycles. The lowest BCUT2D eigenvalue weighted by molar-refractivity contribution is 0.563. The Hall–Kier alpha value is -6.42. The van der Waals surface area contributed by atoms with Gasteiger partial charge in [-0.1, -0.05) is 121 Å². The minimum absolute atomic E-state index is 0.0952. The van der Waals surface area contributed by atoms with Gasteiger partial charge in [0.25, 0.3) is 0 Å². The van der Waals surface area contributed by atoms with Crippen LogP contribution in [0, 0.1) is 0 Å². The van der Waals surface area contributed by atoms with Gasteiger partial charge in [-0.2, -0.15) is 0 Å². The van der Waals surface area contributed by atoms with E-state index in [0.717, 1.165) is 24.2 Å². The van der Waals surface area contributed by atoms with Crippen LogP contribution in [0.15, 0.2) is 182 Å². The summed E-state index contributed by atoms with van der Waals surface area (Å²) < 4.78 is 5.04. The Morgan fingerprint density at radius 1 is 0.463 bits per heavy atom. The zero-order valence-corrected chi connectivity index (χ0v) is 30.4. The summed E-state index contributed by atoms with van der Waals surface area (Å²) in [5, 5.41) is 5.12. The zero-order valence-electron chi connectivity index (χ0n) is 29.5. The Kier molecular flexibility index (Phi) is 6.29. The van der Waals surface area contributed by atoms with E-state index in [1.165, 1.54) is 86.7 Å². The van der Waals surface area contributed by atoms with Gasteiger partial charge in [-0.05, 0) is 107 Å². The van der Waals surface area contributed by atoms with Crippen LogP contribution in [0.4, 0.5) is 17.1 Å². The Balaban J connectivity index is 1.14. The third kappa shape index (κ3) is 4.16. The lowest BCUT2D eigenvalue weighted by atomic mass is 9.75. The molecule has 0 amide bonds. The van der Waals surface area contributed by atoms with Crippen LogP contribution in [-0.2, 0) is 18.3 Å². The number of para-hydroxylation sites is 2. The second kappa shape index (κ2) is 11.3. The maximum atomic E-state index is 2.53. The summed E-state index contributed by atoms with van der Waals surface area (Å²) in [7, 11) is 0. The lowest BCUT2D eigenvalue weighted by Crippen LogP contribution is -2.26. The van der Waals surface area contributed by atoms with Crippen molar-refractivity contribution in [1.82, 2.24) is 4.57 Å². The van der Waals surface area contributed by atoms with Crippen LogP contribution in [0.1, 0.15) is 22.3 Å². The molecule has 8 aromatic carbocycles. The molecule has 12 rings (SSSR count). The molecule has 0 N–H and O–H groups in total. The first kappa shape index (κ1) is 30.1. The van der Waals surface area contributed by atoms with Gasteiger partial charge < -0.3 is 9.47 Å². The van der Waals surface area contributed by atoms with E-state index in [9.17, 15) is 0 Å². The minimum atomic E-state index is -0.0952. The normalized spacial score (nSPS) is 13.9. The Morgan fingerprint density at radius 2 is 1.11 bits per heavy atom. The highest BCUT2D eigenvalue weighted by Crippen LogP contribution is 2.57. The Bertz CT molecular complexity index is 3100. The van der Waals surface area contributed by atoms with E-state index < -0.39 is 0 Å². The number of thiophene rings is 1. The molecule has 0 fully saturated rings. The molecule has 0 radical (unpaired) electrons. The number of nitrogens with zero attached hydrogens (tertiary/aromatic N) is 2. The van der Waals surface area contributed by atoms with Crippen LogP contribution in [0.5, 0.6) is 0 Å². The molecule has 2 aliphatic rings. The third-order valence-electron chi connectivity index (χ3n) is 12.2. The van der Waals surface area contributed by atoms with Gasteiger partial charge in [-0.3, -0.25) is 0 Å². The third-order valence-corrected chi connectivity index (χ3v) is 13.3. The molecule has 54 heavy (non-hydrogen) atoms. The molecule has 2 heterocycles. The average Bonchev–Trinajstić information content (AvgIpc) is 3.97. The Morgan fingerprint density at radius 3 is 1.98 bits per heavy atom. The van der Waals surface area contributed by atoms with Crippen LogP contribution in [0.25, 0.3) is 58.8 Å². The van der Waals surface area contributed by atoms with Gasteiger partial charge in [0, 0.05) is 53.4 Å². The van der Waals surface area contributed by atoms with Crippen molar-refractivity contribution < 1.29 is 0 Å². The van der Waals surface area contributed by atoms with E-state index in [-0.39, 0.29) is 5.41 Å². The second-order valence-electron chi connectivity index (χ2n) is 15.0. The number of benzene rings is 8. The van der Waals surface area contributed by atoms with Crippen LogP contribution in [0.3, 0.4) is 0 Å². The van der Waals surface area contributed by atoms with Gasteiger partial charge in [0.05, 0.1) is 16.7 Å². The van der Waals surface area contributed by atoms with E-state index in [1.807, 2.05) is 11.3 Å². The van der Waals surface area contributed by atoms with Gasteiger partial charge in [0.15, 0.2) is 0 Å². The van der Waals surface area contributed by atoms with E-state index >= 15 is 0 Å². The quantitative estimate of drug-likeness (QED) is 0.177. The molecule has 0 aliphatic heterocycles. The van der Waals surface area contributed by atoms with E-state index in [4.69, 9.17) is 0 Å². The summed E-state index contributed by atoms with van der Waals surface area (Å²) in [5.74, 6) is 0. The molecule has 2 nitrogen and oxygen atoms in total. The summed E-state index contributed by atoms with van der Waals surface area (Å²) in [6.07, 6.45) is 2.04. The highest BCUT2D eigenvalue weighted by Gasteiger charge is 2.47. The predicted molar refractivity (Wildman–Crippen MR) is 228 cm³/mol. The first-order chi connectivity index (χ1) is 26.7. The molecule has 0 saturated carbocycles. The van der Waals surface area contributed by atoms with Crippen molar-refractivity contribution >= 4 is 70.4 Å². The highest BCUT2D eigenvalue weighted by molar-refractivity contribution is 7.26. The number of fused-ring (bicyclic) bond motifs is 12. The van der Waals surface area contributed by atoms with Crippen LogP contribution in [0.2, 0.25) is 0 Å². The molecule has 10 aromatic rings. The van der Waals surface area contributed by atoms with Crippen molar-refractivity contribution in [3.8, 4) is 16.8 Å². The summed E-state index contributed by atoms with van der Waals surface area (Å²) in [4.78, 5) is 2.53. The first-order valence-electron chi connectivity index (χ1n) is 18.9. The van der Waals surface area contributed by atoms with E-state index in [2.05, 4.69) is 191 Å². The fourth-order valence-corrected chi connectivity index (χ4v) is 11.0. The van der Waals surface area contributed by atoms with E-state index in [1.54, 1.807) is 0 Å². The van der Waals surface area contributed by atoms with E-state index in [0.29, 0.717) is 0 Å². The smallest absolute Gasteiger partial charge is 0.0561 e. The van der Waals surface area contributed by atoms with Crippen LogP contribution >= 0.6 is 11.3 Å². The first-order valence-corrected chi connectivity index (χ1v) is 19.7.